The molecule has 0 spiro atoms. The normalized spacial score (nSPS) is 26.0. The van der Waals surface area contributed by atoms with Crippen LogP contribution >= 0.6 is 0 Å². The Bertz CT molecular complexity index is 311. The van der Waals surface area contributed by atoms with Gasteiger partial charge in [-0.25, -0.2) is 4.98 Å². The highest BCUT2D eigenvalue weighted by Gasteiger charge is 2.28. The Morgan fingerprint density at radius 3 is 3.13 bits per heavy atom. The first-order valence-corrected chi connectivity index (χ1v) is 5.58. The van der Waals surface area contributed by atoms with Crippen molar-refractivity contribution in [3.8, 4) is 0 Å². The van der Waals surface area contributed by atoms with E-state index in [0.717, 1.165) is 31.2 Å². The predicted molar refractivity (Wildman–Crippen MR) is 56.4 cm³/mol. The lowest BCUT2D eigenvalue weighted by Gasteiger charge is -2.10. The Morgan fingerprint density at radius 1 is 1.60 bits per heavy atom. The van der Waals surface area contributed by atoms with E-state index in [2.05, 4.69) is 24.1 Å². The summed E-state index contributed by atoms with van der Waals surface area (Å²) < 4.78 is 11.3. The highest BCUT2D eigenvalue weighted by Crippen LogP contribution is 2.34. The number of hydrogen-bond donors (Lipinski definition) is 1. The molecule has 2 rings (SSSR count). The van der Waals surface area contributed by atoms with Gasteiger partial charge in [-0.3, -0.25) is 0 Å². The van der Waals surface area contributed by atoms with Crippen molar-refractivity contribution in [3.05, 3.63) is 17.8 Å². The van der Waals surface area contributed by atoms with Crippen LogP contribution in [0.15, 0.2) is 10.6 Å². The summed E-state index contributed by atoms with van der Waals surface area (Å²) in [5.74, 6) is 2.15. The van der Waals surface area contributed by atoms with Crippen LogP contribution in [-0.4, -0.2) is 18.1 Å². The van der Waals surface area contributed by atoms with Gasteiger partial charge < -0.3 is 14.5 Å². The van der Waals surface area contributed by atoms with Crippen molar-refractivity contribution in [2.24, 2.45) is 5.92 Å². The minimum absolute atomic E-state index is 0.105. The molecule has 2 unspecified atom stereocenters. The number of nitrogens with zero attached hydrogens (tertiary/aromatic N) is 1. The lowest BCUT2D eigenvalue weighted by atomic mass is 10.0. The van der Waals surface area contributed by atoms with Crippen molar-refractivity contribution in [2.75, 3.05) is 13.2 Å². The summed E-state index contributed by atoms with van der Waals surface area (Å²) in [4.78, 5) is 4.22. The maximum Gasteiger partial charge on any atom is 0.208 e. The highest BCUT2D eigenvalue weighted by atomic mass is 16.5. The molecule has 2 heterocycles. The lowest BCUT2D eigenvalue weighted by Crippen LogP contribution is -2.11. The Labute approximate surface area is 90.0 Å². The maximum absolute atomic E-state index is 5.64. The molecule has 4 nitrogen and oxygen atoms in total. The van der Waals surface area contributed by atoms with E-state index in [1.165, 1.54) is 0 Å². The maximum atomic E-state index is 5.64. The highest BCUT2D eigenvalue weighted by molar-refractivity contribution is 5.01. The molecular formula is C11H18N2O2. The summed E-state index contributed by atoms with van der Waals surface area (Å²) in [6.07, 6.45) is 3.00. The van der Waals surface area contributed by atoms with Gasteiger partial charge in [-0.15, -0.1) is 0 Å². The van der Waals surface area contributed by atoms with Gasteiger partial charge in [-0.1, -0.05) is 13.8 Å². The molecule has 15 heavy (non-hydrogen) atoms. The fourth-order valence-electron chi connectivity index (χ4n) is 1.83. The zero-order valence-electron chi connectivity index (χ0n) is 9.32. The van der Waals surface area contributed by atoms with E-state index in [-0.39, 0.29) is 6.10 Å². The predicted octanol–water partition coefficient (Wildman–Crippen LogP) is 1.88. The number of ether oxygens (including phenoxy) is 1. The van der Waals surface area contributed by atoms with Crippen LogP contribution < -0.4 is 5.32 Å². The Balaban J connectivity index is 1.99. The van der Waals surface area contributed by atoms with E-state index in [9.17, 15) is 0 Å². The fourth-order valence-corrected chi connectivity index (χ4v) is 1.83. The van der Waals surface area contributed by atoms with Crippen molar-refractivity contribution < 1.29 is 9.15 Å². The number of nitrogens with one attached hydrogen (secondary N) is 1. The number of hydrogen-bond acceptors (Lipinski definition) is 4. The lowest BCUT2D eigenvalue weighted by molar-refractivity contribution is 0.0748. The summed E-state index contributed by atoms with van der Waals surface area (Å²) in [5, 5.41) is 3.18. The number of oxazole rings is 1. The molecule has 0 aliphatic carbocycles. The molecule has 1 fully saturated rings. The van der Waals surface area contributed by atoms with Crippen LogP contribution in [0.3, 0.4) is 0 Å². The molecule has 1 aliphatic rings. The van der Waals surface area contributed by atoms with Crippen molar-refractivity contribution in [1.82, 2.24) is 10.3 Å². The van der Waals surface area contributed by atoms with Crippen LogP contribution in [0.5, 0.6) is 0 Å². The van der Waals surface area contributed by atoms with Crippen LogP contribution in [0.2, 0.25) is 0 Å². The van der Waals surface area contributed by atoms with E-state index >= 15 is 0 Å². The molecule has 0 radical (unpaired) electrons. The summed E-state index contributed by atoms with van der Waals surface area (Å²) in [6, 6.07) is 0. The first-order valence-electron chi connectivity index (χ1n) is 5.58. The average Bonchev–Trinajstić information content (AvgIpc) is 2.83. The third kappa shape index (κ3) is 2.38. The van der Waals surface area contributed by atoms with Gasteiger partial charge in [0.2, 0.25) is 5.89 Å². The molecule has 1 saturated heterocycles. The first-order chi connectivity index (χ1) is 7.31. The third-order valence-corrected chi connectivity index (χ3v) is 2.77. The van der Waals surface area contributed by atoms with E-state index in [0.29, 0.717) is 12.5 Å². The number of rotatable bonds is 4. The second kappa shape index (κ2) is 4.77. The van der Waals surface area contributed by atoms with Crippen molar-refractivity contribution in [2.45, 2.75) is 32.9 Å². The second-order valence-electron chi connectivity index (χ2n) is 3.99. The molecule has 1 N–H and O–H groups in total. The summed E-state index contributed by atoms with van der Waals surface area (Å²) in [6.45, 7) is 6.69. The minimum atomic E-state index is 0.105. The zero-order chi connectivity index (χ0) is 10.7. The van der Waals surface area contributed by atoms with E-state index < -0.39 is 0 Å². The molecule has 0 aromatic carbocycles. The monoisotopic (exact) mass is 210 g/mol. The van der Waals surface area contributed by atoms with Gasteiger partial charge in [-0.2, -0.15) is 0 Å². The topological polar surface area (TPSA) is 47.3 Å². The van der Waals surface area contributed by atoms with Crippen LogP contribution in [0.25, 0.3) is 0 Å². The van der Waals surface area contributed by atoms with Gasteiger partial charge in [0.15, 0.2) is 5.76 Å². The SMILES string of the molecule is CCNCc1ncc(C2OCCC2C)o1. The van der Waals surface area contributed by atoms with Gasteiger partial charge in [0.25, 0.3) is 0 Å². The largest absolute Gasteiger partial charge is 0.442 e. The Hall–Kier alpha value is -0.870. The molecule has 1 aromatic rings. The minimum Gasteiger partial charge on any atom is -0.442 e. The summed E-state index contributed by atoms with van der Waals surface area (Å²) in [7, 11) is 0. The Kier molecular flexibility index (Phi) is 3.38. The summed E-state index contributed by atoms with van der Waals surface area (Å²) in [5.41, 5.74) is 0. The molecule has 0 amide bonds. The fraction of sp³-hybridized carbons (Fsp3) is 0.727. The van der Waals surface area contributed by atoms with E-state index in [1.54, 1.807) is 6.20 Å². The first kappa shape index (κ1) is 10.6. The van der Waals surface area contributed by atoms with Crippen LogP contribution in [0.4, 0.5) is 0 Å². The number of aromatic nitrogens is 1. The average molecular weight is 210 g/mol. The van der Waals surface area contributed by atoms with Crippen LogP contribution in [0.1, 0.15) is 38.0 Å². The molecule has 1 aromatic heterocycles. The van der Waals surface area contributed by atoms with Gasteiger partial charge in [-0.05, 0) is 18.9 Å². The van der Waals surface area contributed by atoms with E-state index in [4.69, 9.17) is 9.15 Å². The van der Waals surface area contributed by atoms with Crippen molar-refractivity contribution in [1.29, 1.82) is 0 Å². The quantitative estimate of drug-likeness (QED) is 0.824. The second-order valence-corrected chi connectivity index (χ2v) is 3.99. The van der Waals surface area contributed by atoms with Gasteiger partial charge >= 0.3 is 0 Å². The van der Waals surface area contributed by atoms with Crippen LogP contribution in [0, 0.1) is 5.92 Å². The molecule has 84 valence electrons. The summed E-state index contributed by atoms with van der Waals surface area (Å²) >= 11 is 0. The zero-order valence-corrected chi connectivity index (χ0v) is 9.32. The van der Waals surface area contributed by atoms with Gasteiger partial charge in [0.1, 0.15) is 6.10 Å². The third-order valence-electron chi connectivity index (χ3n) is 2.77. The molecule has 1 aliphatic heterocycles. The molecule has 0 saturated carbocycles. The van der Waals surface area contributed by atoms with Crippen molar-refractivity contribution in [3.63, 3.8) is 0 Å². The van der Waals surface area contributed by atoms with Crippen molar-refractivity contribution >= 4 is 0 Å². The molecule has 0 bridgehead atoms. The van der Waals surface area contributed by atoms with Gasteiger partial charge in [0, 0.05) is 6.61 Å². The smallest absolute Gasteiger partial charge is 0.208 e. The molecule has 2 atom stereocenters. The Morgan fingerprint density at radius 2 is 2.47 bits per heavy atom. The van der Waals surface area contributed by atoms with E-state index in [1.807, 2.05) is 0 Å². The standard InChI is InChI=1S/C11H18N2O2/c1-3-12-7-10-13-6-9(15-10)11-8(2)4-5-14-11/h6,8,11-12H,3-5,7H2,1-2H3. The molecular weight excluding hydrogens is 192 g/mol. The van der Waals surface area contributed by atoms with Crippen LogP contribution in [-0.2, 0) is 11.3 Å². The van der Waals surface area contributed by atoms with Gasteiger partial charge in [0.05, 0.1) is 12.7 Å². The molecule has 4 heteroatoms.